The Morgan fingerprint density at radius 2 is 1.97 bits per heavy atom. The van der Waals surface area contributed by atoms with Crippen LogP contribution in [0.2, 0.25) is 5.02 Å². The third kappa shape index (κ3) is 5.55. The molecule has 0 atom stereocenters. The Morgan fingerprint density at radius 1 is 1.21 bits per heavy atom. The second-order valence-electron chi connectivity index (χ2n) is 8.50. The summed E-state index contributed by atoms with van der Waals surface area (Å²) >= 11 is 5.65. The van der Waals surface area contributed by atoms with E-state index in [0.29, 0.717) is 24.6 Å². The van der Waals surface area contributed by atoms with Gasteiger partial charge in [0.05, 0.1) is 28.9 Å². The first-order valence-corrected chi connectivity index (χ1v) is 13.3. The molecule has 1 aromatic carbocycles. The zero-order valence-corrected chi connectivity index (χ0v) is 19.7. The van der Waals surface area contributed by atoms with Crippen LogP contribution in [0.5, 0.6) is 11.6 Å². The Balaban J connectivity index is 1.27. The molecule has 2 fully saturated rings. The molecule has 2 aliphatic heterocycles. The van der Waals surface area contributed by atoms with E-state index in [1.54, 1.807) is 6.07 Å². The van der Waals surface area contributed by atoms with Gasteiger partial charge in [0.2, 0.25) is 11.8 Å². The summed E-state index contributed by atoms with van der Waals surface area (Å²) < 4.78 is 47.6. The summed E-state index contributed by atoms with van der Waals surface area (Å²) in [6.45, 7) is -2.98. The van der Waals surface area contributed by atoms with Crippen LogP contribution < -0.4 is 19.9 Å². The molecule has 3 heterocycles. The average molecular weight is 517 g/mol. The number of benzene rings is 1. The van der Waals surface area contributed by atoms with E-state index in [1.165, 1.54) is 24.4 Å². The van der Waals surface area contributed by atoms with Gasteiger partial charge in [0.1, 0.15) is 19.0 Å². The predicted molar refractivity (Wildman–Crippen MR) is 121 cm³/mol. The fourth-order valence-corrected chi connectivity index (χ4v) is 9.38. The maximum Gasteiger partial charge on any atom is 0.388 e. The van der Waals surface area contributed by atoms with Crippen LogP contribution >= 0.6 is 19.0 Å². The van der Waals surface area contributed by atoms with Crippen LogP contribution in [0.15, 0.2) is 36.5 Å². The third-order valence-electron chi connectivity index (χ3n) is 6.21. The third-order valence-corrected chi connectivity index (χ3v) is 10.6. The maximum absolute atomic E-state index is 13.5. The van der Waals surface area contributed by atoms with Crippen LogP contribution in [0.4, 0.5) is 13.2 Å². The van der Waals surface area contributed by atoms with Crippen molar-refractivity contribution in [2.24, 2.45) is 5.41 Å². The lowest BCUT2D eigenvalue weighted by atomic mass is 9.84. The first-order chi connectivity index (χ1) is 16.2. The summed E-state index contributed by atoms with van der Waals surface area (Å²) in [4.78, 5) is 29.3. The van der Waals surface area contributed by atoms with Crippen LogP contribution in [-0.2, 0) is 16.1 Å². The van der Waals surface area contributed by atoms with Gasteiger partial charge in [0.15, 0.2) is 6.61 Å². The van der Waals surface area contributed by atoms with Crippen molar-refractivity contribution in [1.29, 1.82) is 0 Å². The molecular formula is C22H23ClF3N3O4P+. The standard InChI is InChI=1S/C22H22ClF3N3O4P/c23-16-3-2-15(9-17(16)24)32-12-18(30)29-34-7-5-22(13-34,6-8-34)20(31)28-11-14-1-4-19(27-10-14)33-21(25)26/h1-4,9-10,21H,5-8,11-13H2,(H-,28,29,30,31)/p+1. The number of fused-ring (bicyclic) bond motifs is 2. The van der Waals surface area contributed by atoms with Crippen molar-refractivity contribution in [3.05, 3.63) is 52.9 Å². The summed E-state index contributed by atoms with van der Waals surface area (Å²) in [5.74, 6) is -0.976. The number of rotatable bonds is 9. The molecule has 2 N–H and O–H groups in total. The highest BCUT2D eigenvalue weighted by Gasteiger charge is 2.64. The topological polar surface area (TPSA) is 89.5 Å². The summed E-state index contributed by atoms with van der Waals surface area (Å²) in [5, 5.41) is 6.00. The number of hydrogen-bond acceptors (Lipinski definition) is 5. The Bertz CT molecular complexity index is 1070. The van der Waals surface area contributed by atoms with Crippen LogP contribution in [0.3, 0.4) is 0 Å². The normalized spacial score (nSPS) is 23.1. The Labute approximate surface area is 199 Å². The van der Waals surface area contributed by atoms with Crippen molar-refractivity contribution < 1.29 is 32.2 Å². The van der Waals surface area contributed by atoms with Crippen LogP contribution in [0.25, 0.3) is 0 Å². The minimum absolute atomic E-state index is 0.0258. The lowest BCUT2D eigenvalue weighted by molar-refractivity contribution is -0.130. The molecule has 2 bridgehead atoms. The number of pyridine rings is 1. The van der Waals surface area contributed by atoms with Gasteiger partial charge in [0, 0.05) is 37.7 Å². The highest BCUT2D eigenvalue weighted by Crippen LogP contribution is 2.72. The molecule has 182 valence electrons. The number of nitrogens with zero attached hydrogens (tertiary/aromatic N) is 1. The molecule has 2 aromatic rings. The molecule has 0 radical (unpaired) electrons. The van der Waals surface area contributed by atoms with E-state index in [4.69, 9.17) is 16.3 Å². The molecule has 0 saturated carbocycles. The first kappa shape index (κ1) is 24.5. The quantitative estimate of drug-likeness (QED) is 0.492. The first-order valence-electron chi connectivity index (χ1n) is 10.6. The second kappa shape index (κ2) is 9.96. The summed E-state index contributed by atoms with van der Waals surface area (Å²) in [7, 11) is -1.82. The van der Waals surface area contributed by atoms with E-state index in [9.17, 15) is 22.8 Å². The summed E-state index contributed by atoms with van der Waals surface area (Å²) in [6, 6.07) is 6.86. The van der Waals surface area contributed by atoms with Gasteiger partial charge in [-0.1, -0.05) is 17.7 Å². The zero-order chi connectivity index (χ0) is 24.3. The number of carbonyl (C=O) groups excluding carboxylic acids is 2. The Morgan fingerprint density at radius 3 is 2.62 bits per heavy atom. The molecule has 1 aromatic heterocycles. The number of hydrogen-bond donors (Lipinski definition) is 2. The predicted octanol–water partition coefficient (Wildman–Crippen LogP) is 4.01. The molecule has 34 heavy (non-hydrogen) atoms. The highest BCUT2D eigenvalue weighted by atomic mass is 35.5. The van der Waals surface area contributed by atoms with Crippen molar-refractivity contribution >= 4 is 30.8 Å². The fourth-order valence-electron chi connectivity index (χ4n) is 4.50. The lowest BCUT2D eigenvalue weighted by Crippen LogP contribution is -2.40. The minimum atomic E-state index is -2.95. The number of nitrogens with one attached hydrogen (secondary N) is 2. The van der Waals surface area contributed by atoms with Gasteiger partial charge >= 0.3 is 6.61 Å². The van der Waals surface area contributed by atoms with E-state index in [2.05, 4.69) is 20.1 Å². The van der Waals surface area contributed by atoms with E-state index < -0.39 is 25.3 Å². The van der Waals surface area contributed by atoms with Crippen molar-refractivity contribution in [2.45, 2.75) is 26.0 Å². The molecular weight excluding hydrogens is 494 g/mol. The van der Waals surface area contributed by atoms with Crippen molar-refractivity contribution in [3.63, 3.8) is 0 Å². The monoisotopic (exact) mass is 516 g/mol. The summed E-state index contributed by atoms with van der Waals surface area (Å²) in [6.07, 6.45) is 4.95. The van der Waals surface area contributed by atoms with Crippen LogP contribution in [0, 0.1) is 11.2 Å². The number of halogens is 4. The molecule has 4 rings (SSSR count). The zero-order valence-electron chi connectivity index (χ0n) is 18.0. The molecule has 2 amide bonds. The largest absolute Gasteiger partial charge is 0.484 e. The number of ether oxygens (including phenoxy) is 2. The number of alkyl halides is 2. The van der Waals surface area contributed by atoms with E-state index >= 15 is 0 Å². The molecule has 7 nitrogen and oxygen atoms in total. The molecule has 2 saturated heterocycles. The van der Waals surface area contributed by atoms with Gasteiger partial charge in [-0.3, -0.25) is 9.59 Å². The van der Waals surface area contributed by atoms with Gasteiger partial charge in [-0.2, -0.15) is 8.78 Å². The second-order valence-corrected chi connectivity index (χ2v) is 12.6. The average Bonchev–Trinajstić information content (AvgIpc) is 3.36. The van der Waals surface area contributed by atoms with Gasteiger partial charge in [-0.25, -0.2) is 14.5 Å². The number of aromatic nitrogens is 1. The smallest absolute Gasteiger partial charge is 0.388 e. The maximum atomic E-state index is 13.5. The Hall–Kier alpha value is -2.58. The van der Waals surface area contributed by atoms with Gasteiger partial charge in [-0.15, -0.1) is 0 Å². The highest BCUT2D eigenvalue weighted by molar-refractivity contribution is 7.75. The summed E-state index contributed by atoms with van der Waals surface area (Å²) in [5.41, 5.74) is 0.139. The van der Waals surface area contributed by atoms with E-state index in [1.807, 2.05) is 0 Å². The minimum Gasteiger partial charge on any atom is -0.484 e. The Kier molecular flexibility index (Phi) is 7.19. The van der Waals surface area contributed by atoms with E-state index in [0.717, 1.165) is 18.4 Å². The SMILES string of the molecule is O=C(COc1ccc(Cl)c(F)c1)N[P+]12CCC(C(=O)NCc3ccc(OC(F)F)nc3)(CC1)C2. The van der Waals surface area contributed by atoms with Gasteiger partial charge in [-0.05, 0) is 17.7 Å². The molecule has 0 spiro atoms. The van der Waals surface area contributed by atoms with Crippen LogP contribution in [-0.4, -0.2) is 48.5 Å². The van der Waals surface area contributed by atoms with Crippen molar-refractivity contribution in [1.82, 2.24) is 15.4 Å². The van der Waals surface area contributed by atoms with Crippen molar-refractivity contribution in [2.75, 3.05) is 25.1 Å². The van der Waals surface area contributed by atoms with Crippen molar-refractivity contribution in [3.8, 4) is 11.6 Å². The van der Waals surface area contributed by atoms with Crippen LogP contribution in [0.1, 0.15) is 18.4 Å². The number of amides is 2. The number of carbonyl (C=O) groups is 2. The lowest BCUT2D eigenvalue weighted by Gasteiger charge is -2.22. The molecule has 12 heteroatoms. The molecule has 0 aliphatic carbocycles. The molecule has 2 aliphatic rings. The fraction of sp³-hybridized carbons (Fsp3) is 0.409. The van der Waals surface area contributed by atoms with Gasteiger partial charge in [0.25, 0.3) is 5.91 Å². The van der Waals surface area contributed by atoms with Gasteiger partial charge < -0.3 is 14.8 Å². The molecule has 0 unspecified atom stereocenters. The van der Waals surface area contributed by atoms with E-state index in [-0.39, 0.29) is 41.6 Å².